The molecule has 0 atom stereocenters. The van der Waals surface area contributed by atoms with Crippen molar-refractivity contribution in [2.24, 2.45) is 0 Å². The van der Waals surface area contributed by atoms with Crippen molar-refractivity contribution in [1.29, 1.82) is 0 Å². The Bertz CT molecular complexity index is 526. The van der Waals surface area contributed by atoms with E-state index in [1.807, 2.05) is 18.2 Å². The second-order valence-corrected chi connectivity index (χ2v) is 3.64. The molecule has 0 saturated heterocycles. The van der Waals surface area contributed by atoms with Crippen LogP contribution in [0.1, 0.15) is 5.82 Å². The van der Waals surface area contributed by atoms with E-state index in [4.69, 9.17) is 16.7 Å². The molecule has 2 rings (SSSR count). The van der Waals surface area contributed by atoms with Crippen LogP contribution in [0.4, 0.5) is 0 Å². The third-order valence-corrected chi connectivity index (χ3v) is 2.46. The van der Waals surface area contributed by atoms with Crippen LogP contribution in [0.5, 0.6) is 0 Å². The maximum absolute atomic E-state index is 10.6. The van der Waals surface area contributed by atoms with Crippen molar-refractivity contribution in [1.82, 2.24) is 9.55 Å². The van der Waals surface area contributed by atoms with Gasteiger partial charge in [0.25, 0.3) is 0 Å². The first kappa shape index (κ1) is 13.5. The van der Waals surface area contributed by atoms with Crippen LogP contribution >= 0.6 is 24.0 Å². The molecule has 0 saturated carbocycles. The highest BCUT2D eigenvalue weighted by molar-refractivity contribution is 6.32. The maximum atomic E-state index is 10.6. The van der Waals surface area contributed by atoms with Crippen molar-refractivity contribution in [2.75, 3.05) is 0 Å². The van der Waals surface area contributed by atoms with Gasteiger partial charge in [-0.15, -0.1) is 12.4 Å². The summed E-state index contributed by atoms with van der Waals surface area (Å²) in [5.74, 6) is -0.458. The number of aromatic nitrogens is 2. The van der Waals surface area contributed by atoms with Crippen LogP contribution in [-0.2, 0) is 11.2 Å². The molecule has 0 aliphatic heterocycles. The standard InChI is InChI=1S/C11H9ClN2O2.ClH/c12-8-3-1-2-4-9(8)14-6-5-13-10(14)7-11(15)16;/h1-6H,7H2,(H,15,16);1H. The van der Waals surface area contributed by atoms with E-state index in [2.05, 4.69) is 4.98 Å². The largest absolute Gasteiger partial charge is 0.481 e. The molecule has 2 aromatic rings. The first-order chi connectivity index (χ1) is 7.68. The molecule has 0 aliphatic carbocycles. The number of rotatable bonds is 3. The Morgan fingerprint density at radius 2 is 2.12 bits per heavy atom. The van der Waals surface area contributed by atoms with Gasteiger partial charge >= 0.3 is 5.97 Å². The van der Waals surface area contributed by atoms with E-state index in [9.17, 15) is 4.79 Å². The smallest absolute Gasteiger partial charge is 0.311 e. The minimum Gasteiger partial charge on any atom is -0.481 e. The summed E-state index contributed by atoms with van der Waals surface area (Å²) in [6.45, 7) is 0. The molecule has 1 aromatic carbocycles. The monoisotopic (exact) mass is 272 g/mol. The van der Waals surface area contributed by atoms with Crippen LogP contribution in [0, 0.1) is 0 Å². The van der Waals surface area contributed by atoms with Crippen LogP contribution in [0.3, 0.4) is 0 Å². The summed E-state index contributed by atoms with van der Waals surface area (Å²) in [4.78, 5) is 14.6. The first-order valence-electron chi connectivity index (χ1n) is 4.67. The van der Waals surface area contributed by atoms with Crippen molar-refractivity contribution < 1.29 is 9.90 Å². The SMILES string of the molecule is Cl.O=C(O)Cc1nccn1-c1ccccc1Cl. The number of imidazole rings is 1. The fourth-order valence-electron chi connectivity index (χ4n) is 1.47. The van der Waals surface area contributed by atoms with Crippen molar-refractivity contribution in [3.63, 3.8) is 0 Å². The zero-order valence-electron chi connectivity index (χ0n) is 8.71. The summed E-state index contributed by atoms with van der Waals surface area (Å²) in [6.07, 6.45) is 3.12. The zero-order valence-corrected chi connectivity index (χ0v) is 10.3. The van der Waals surface area contributed by atoms with Gasteiger partial charge in [0.2, 0.25) is 0 Å². The third-order valence-electron chi connectivity index (χ3n) is 2.14. The summed E-state index contributed by atoms with van der Waals surface area (Å²) in [6, 6.07) is 7.22. The van der Waals surface area contributed by atoms with E-state index in [0.717, 1.165) is 5.69 Å². The van der Waals surface area contributed by atoms with E-state index in [1.54, 1.807) is 23.0 Å². The number of aliphatic carboxylic acids is 1. The van der Waals surface area contributed by atoms with Gasteiger partial charge in [-0.2, -0.15) is 0 Å². The van der Waals surface area contributed by atoms with E-state index < -0.39 is 5.97 Å². The molecule has 0 unspecified atom stereocenters. The Labute approximate surface area is 109 Å². The van der Waals surface area contributed by atoms with Gasteiger partial charge in [0.05, 0.1) is 10.7 Å². The third kappa shape index (κ3) is 2.99. The molecule has 4 nitrogen and oxygen atoms in total. The van der Waals surface area contributed by atoms with Crippen molar-refractivity contribution in [3.8, 4) is 5.69 Å². The normalized spacial score (nSPS) is 9.71. The van der Waals surface area contributed by atoms with Gasteiger partial charge < -0.3 is 9.67 Å². The summed E-state index contributed by atoms with van der Waals surface area (Å²) in [5.41, 5.74) is 0.734. The Morgan fingerprint density at radius 1 is 1.41 bits per heavy atom. The molecule has 0 fully saturated rings. The molecule has 0 amide bonds. The van der Waals surface area contributed by atoms with Crippen LogP contribution < -0.4 is 0 Å². The lowest BCUT2D eigenvalue weighted by Crippen LogP contribution is -2.07. The minimum absolute atomic E-state index is 0. The lowest BCUT2D eigenvalue weighted by molar-refractivity contribution is -0.136. The molecule has 0 bridgehead atoms. The maximum Gasteiger partial charge on any atom is 0.311 e. The van der Waals surface area contributed by atoms with Crippen LogP contribution in [0.2, 0.25) is 5.02 Å². The lowest BCUT2D eigenvalue weighted by Gasteiger charge is -2.07. The summed E-state index contributed by atoms with van der Waals surface area (Å²) in [7, 11) is 0. The number of hydrogen-bond donors (Lipinski definition) is 1. The van der Waals surface area contributed by atoms with Gasteiger partial charge in [-0.25, -0.2) is 4.98 Å². The molecule has 0 radical (unpaired) electrons. The van der Waals surface area contributed by atoms with Gasteiger partial charge in [-0.3, -0.25) is 4.79 Å². The predicted octanol–water partition coefficient (Wildman–Crippen LogP) is 2.57. The Morgan fingerprint density at radius 3 is 2.76 bits per heavy atom. The number of para-hydroxylation sites is 1. The number of hydrogen-bond acceptors (Lipinski definition) is 2. The van der Waals surface area contributed by atoms with Crippen LogP contribution in [-0.4, -0.2) is 20.6 Å². The number of carbonyl (C=O) groups is 1. The average molecular weight is 273 g/mol. The Hall–Kier alpha value is -1.52. The van der Waals surface area contributed by atoms with Crippen molar-refractivity contribution in [2.45, 2.75) is 6.42 Å². The van der Waals surface area contributed by atoms with Crippen molar-refractivity contribution >= 4 is 30.0 Å². The zero-order chi connectivity index (χ0) is 11.5. The molecule has 0 aliphatic rings. The van der Waals surface area contributed by atoms with Gasteiger partial charge in [0, 0.05) is 12.4 Å². The average Bonchev–Trinajstić information content (AvgIpc) is 2.66. The molecule has 17 heavy (non-hydrogen) atoms. The molecule has 1 heterocycles. The highest BCUT2D eigenvalue weighted by Gasteiger charge is 2.10. The number of halogens is 2. The van der Waals surface area contributed by atoms with E-state index in [1.165, 1.54) is 0 Å². The molecule has 1 N–H and O–H groups in total. The number of carboxylic acid groups (broad SMARTS) is 1. The highest BCUT2D eigenvalue weighted by atomic mass is 35.5. The Kier molecular flexibility index (Phi) is 4.54. The van der Waals surface area contributed by atoms with Gasteiger partial charge in [-0.1, -0.05) is 23.7 Å². The summed E-state index contributed by atoms with van der Waals surface area (Å²) in [5, 5.41) is 9.30. The second-order valence-electron chi connectivity index (χ2n) is 3.24. The molecule has 0 spiro atoms. The second kappa shape index (κ2) is 5.70. The Balaban J connectivity index is 0.00000144. The number of nitrogens with zero attached hydrogens (tertiary/aromatic N) is 2. The summed E-state index contributed by atoms with van der Waals surface area (Å²) < 4.78 is 1.68. The molecular formula is C11H10Cl2N2O2. The fourth-order valence-corrected chi connectivity index (χ4v) is 1.69. The number of carboxylic acids is 1. The van der Waals surface area contributed by atoms with E-state index in [0.29, 0.717) is 10.8 Å². The van der Waals surface area contributed by atoms with Crippen LogP contribution in [0.25, 0.3) is 5.69 Å². The molecule has 1 aromatic heterocycles. The molecule has 6 heteroatoms. The van der Waals surface area contributed by atoms with Gasteiger partial charge in [0.1, 0.15) is 12.2 Å². The van der Waals surface area contributed by atoms with Crippen LogP contribution in [0.15, 0.2) is 36.7 Å². The van der Waals surface area contributed by atoms with E-state index in [-0.39, 0.29) is 18.8 Å². The highest BCUT2D eigenvalue weighted by Crippen LogP contribution is 2.20. The minimum atomic E-state index is -0.917. The quantitative estimate of drug-likeness (QED) is 0.935. The van der Waals surface area contributed by atoms with E-state index >= 15 is 0 Å². The topological polar surface area (TPSA) is 55.1 Å². The van der Waals surface area contributed by atoms with Gasteiger partial charge in [-0.05, 0) is 12.1 Å². The lowest BCUT2D eigenvalue weighted by atomic mass is 10.3. The first-order valence-corrected chi connectivity index (χ1v) is 5.05. The summed E-state index contributed by atoms with van der Waals surface area (Å²) >= 11 is 6.03. The number of benzene rings is 1. The van der Waals surface area contributed by atoms with Crippen molar-refractivity contribution in [3.05, 3.63) is 47.5 Å². The molecular weight excluding hydrogens is 263 g/mol. The predicted molar refractivity (Wildman–Crippen MR) is 67.2 cm³/mol. The fraction of sp³-hybridized carbons (Fsp3) is 0.0909. The molecule has 90 valence electrons. The van der Waals surface area contributed by atoms with Gasteiger partial charge in [0.15, 0.2) is 0 Å².